The van der Waals surface area contributed by atoms with E-state index in [4.69, 9.17) is 33.2 Å². The summed E-state index contributed by atoms with van der Waals surface area (Å²) in [6.45, 7) is 1.86. The van der Waals surface area contributed by atoms with Crippen LogP contribution in [0.4, 0.5) is 4.79 Å². The number of hydrogen-bond donors (Lipinski definition) is 2. The second kappa shape index (κ2) is 15.2. The van der Waals surface area contributed by atoms with Crippen LogP contribution in [0, 0.1) is 0 Å². The quantitative estimate of drug-likeness (QED) is 0.312. The van der Waals surface area contributed by atoms with Gasteiger partial charge in [-0.15, -0.1) is 0 Å². The average Bonchev–Trinajstić information content (AvgIpc) is 3.07. The first-order valence-corrected chi connectivity index (χ1v) is 14.4. The third kappa shape index (κ3) is 8.00. The molecule has 2 heterocycles. The van der Waals surface area contributed by atoms with Crippen molar-refractivity contribution in [3.63, 3.8) is 0 Å². The van der Waals surface area contributed by atoms with E-state index in [1.807, 2.05) is 91.0 Å². The van der Waals surface area contributed by atoms with E-state index in [0.717, 1.165) is 16.7 Å². The number of aliphatic hydroxyl groups excluding tert-OH is 1. The number of amides is 1. The maximum atomic E-state index is 12.7. The zero-order valence-corrected chi connectivity index (χ0v) is 24.5. The number of hydrogen-bond acceptors (Lipinski definition) is 10. The molecule has 11 nitrogen and oxygen atoms in total. The first-order chi connectivity index (χ1) is 21.4. The number of rotatable bonds is 11. The van der Waals surface area contributed by atoms with Gasteiger partial charge in [-0.25, -0.2) is 9.59 Å². The average molecular weight is 608 g/mol. The Balaban J connectivity index is 1.29. The van der Waals surface area contributed by atoms with Crippen molar-refractivity contribution in [1.29, 1.82) is 0 Å². The van der Waals surface area contributed by atoms with Gasteiger partial charge in [0.05, 0.1) is 26.4 Å². The number of alkyl carbamates (subject to hydrolysis) is 1. The predicted molar refractivity (Wildman–Crippen MR) is 156 cm³/mol. The number of fused-ring (bicyclic) bond motifs is 1. The van der Waals surface area contributed by atoms with Crippen LogP contribution in [0.25, 0.3) is 0 Å². The summed E-state index contributed by atoms with van der Waals surface area (Å²) in [6, 6.07) is 26.7. The fraction of sp³-hybridized carbons (Fsp3) is 0.394. The van der Waals surface area contributed by atoms with Crippen molar-refractivity contribution in [3.8, 4) is 0 Å². The summed E-state index contributed by atoms with van der Waals surface area (Å²) in [5, 5.41) is 14.1. The molecule has 2 fully saturated rings. The van der Waals surface area contributed by atoms with Gasteiger partial charge in [-0.2, -0.15) is 0 Å². The van der Waals surface area contributed by atoms with E-state index in [-0.39, 0.29) is 19.8 Å². The van der Waals surface area contributed by atoms with Gasteiger partial charge in [0, 0.05) is 5.56 Å². The summed E-state index contributed by atoms with van der Waals surface area (Å²) in [5.74, 6) is -0.750. The molecule has 0 spiro atoms. The molecule has 0 saturated carbocycles. The molecule has 3 aromatic rings. The molecule has 1 unspecified atom stereocenters. The number of methoxy groups -OCH3 is 1. The maximum absolute atomic E-state index is 12.7. The first-order valence-electron chi connectivity index (χ1n) is 14.4. The number of aliphatic hydroxyl groups is 1. The second-order valence-corrected chi connectivity index (χ2v) is 10.5. The van der Waals surface area contributed by atoms with E-state index in [9.17, 15) is 14.7 Å². The standard InChI is InChI=1S/C33H37NO10/c1-21(26(30(36)38-2)34-33(37)41-19-23-14-8-4-9-15-23)42-32-29(39-18-22-12-6-3-7-13-22)27(35)28-25(43-32)20-40-31(44-28)24-16-10-5-11-17-24/h3-17,21,25-29,31-32,35H,18-20H2,1-2H3,(H,34,37)/t21-,25-,26+,27+,28-,29+,31?,32-/m1/s1. The minimum atomic E-state index is -1.25. The van der Waals surface area contributed by atoms with E-state index in [0.29, 0.717) is 0 Å². The Morgan fingerprint density at radius 3 is 2.16 bits per heavy atom. The third-order valence-electron chi connectivity index (χ3n) is 7.43. The summed E-state index contributed by atoms with van der Waals surface area (Å²) >= 11 is 0. The van der Waals surface area contributed by atoms with Gasteiger partial charge < -0.3 is 43.6 Å². The second-order valence-electron chi connectivity index (χ2n) is 10.5. The Morgan fingerprint density at radius 2 is 1.52 bits per heavy atom. The fourth-order valence-corrected chi connectivity index (χ4v) is 5.08. The Hall–Kier alpha value is -3.84. The minimum absolute atomic E-state index is 0.0101. The highest BCUT2D eigenvalue weighted by atomic mass is 16.8. The summed E-state index contributed by atoms with van der Waals surface area (Å²) in [5.41, 5.74) is 2.46. The minimum Gasteiger partial charge on any atom is -0.467 e. The van der Waals surface area contributed by atoms with Crippen molar-refractivity contribution in [1.82, 2.24) is 5.32 Å². The van der Waals surface area contributed by atoms with Gasteiger partial charge in [-0.3, -0.25) is 0 Å². The van der Waals surface area contributed by atoms with Gasteiger partial charge in [-0.1, -0.05) is 91.0 Å². The van der Waals surface area contributed by atoms with E-state index in [1.54, 1.807) is 6.92 Å². The maximum Gasteiger partial charge on any atom is 0.408 e. The number of ether oxygens (including phenoxy) is 7. The topological polar surface area (TPSA) is 131 Å². The zero-order valence-electron chi connectivity index (χ0n) is 24.5. The van der Waals surface area contributed by atoms with Crippen LogP contribution in [0.5, 0.6) is 0 Å². The molecule has 2 aliphatic heterocycles. The largest absolute Gasteiger partial charge is 0.467 e. The number of nitrogens with one attached hydrogen (secondary N) is 1. The molecule has 2 N–H and O–H groups in total. The summed E-state index contributed by atoms with van der Waals surface area (Å²) in [7, 11) is 1.20. The fourth-order valence-electron chi connectivity index (χ4n) is 5.08. The SMILES string of the molecule is COC(=O)[C@@H](NC(=O)OCc1ccccc1)[C@@H](C)O[C@@H]1O[C@@H]2COC(c3ccccc3)O[C@H]2[C@H](O)[C@@H]1OCc1ccccc1. The molecular weight excluding hydrogens is 570 g/mol. The van der Waals surface area contributed by atoms with Crippen molar-refractivity contribution in [2.45, 2.75) is 69.3 Å². The molecule has 0 aromatic heterocycles. The molecule has 0 bridgehead atoms. The molecule has 8 atom stereocenters. The van der Waals surface area contributed by atoms with Gasteiger partial charge >= 0.3 is 12.1 Å². The van der Waals surface area contributed by atoms with Crippen molar-refractivity contribution < 1.29 is 47.9 Å². The van der Waals surface area contributed by atoms with Crippen LogP contribution in [0.2, 0.25) is 0 Å². The summed E-state index contributed by atoms with van der Waals surface area (Å²) < 4.78 is 40.9. The van der Waals surface area contributed by atoms with Gasteiger partial charge in [0.2, 0.25) is 0 Å². The molecule has 0 radical (unpaired) electrons. The van der Waals surface area contributed by atoms with Crippen LogP contribution in [-0.2, 0) is 51.2 Å². The van der Waals surface area contributed by atoms with Crippen LogP contribution in [0.3, 0.4) is 0 Å². The van der Waals surface area contributed by atoms with Crippen molar-refractivity contribution in [2.75, 3.05) is 13.7 Å². The third-order valence-corrected chi connectivity index (χ3v) is 7.43. The molecule has 3 aromatic carbocycles. The van der Waals surface area contributed by atoms with Crippen molar-refractivity contribution >= 4 is 12.1 Å². The highest BCUT2D eigenvalue weighted by molar-refractivity contribution is 5.81. The number of esters is 1. The Morgan fingerprint density at radius 1 is 0.909 bits per heavy atom. The lowest BCUT2D eigenvalue weighted by Crippen LogP contribution is -2.64. The summed E-state index contributed by atoms with van der Waals surface area (Å²) in [4.78, 5) is 25.4. The van der Waals surface area contributed by atoms with Gasteiger partial charge in [0.15, 0.2) is 18.6 Å². The van der Waals surface area contributed by atoms with Crippen LogP contribution >= 0.6 is 0 Å². The van der Waals surface area contributed by atoms with Gasteiger partial charge in [0.25, 0.3) is 0 Å². The molecule has 11 heteroatoms. The van der Waals surface area contributed by atoms with E-state index >= 15 is 0 Å². The van der Waals surface area contributed by atoms with Crippen LogP contribution in [0.15, 0.2) is 91.0 Å². The molecule has 5 rings (SSSR count). The van der Waals surface area contributed by atoms with Crippen molar-refractivity contribution in [2.24, 2.45) is 0 Å². The molecule has 2 saturated heterocycles. The molecule has 234 valence electrons. The Bertz CT molecular complexity index is 1330. The van der Waals surface area contributed by atoms with Crippen molar-refractivity contribution in [3.05, 3.63) is 108 Å². The molecule has 0 aliphatic carbocycles. The van der Waals surface area contributed by atoms with Crippen LogP contribution in [0.1, 0.15) is 29.9 Å². The number of benzene rings is 3. The lowest BCUT2D eigenvalue weighted by atomic mass is 9.97. The van der Waals surface area contributed by atoms with Crippen LogP contribution in [-0.4, -0.2) is 73.7 Å². The predicted octanol–water partition coefficient (Wildman–Crippen LogP) is 3.64. The monoisotopic (exact) mass is 607 g/mol. The van der Waals surface area contributed by atoms with Gasteiger partial charge in [-0.05, 0) is 18.1 Å². The van der Waals surface area contributed by atoms with E-state index in [1.165, 1.54) is 7.11 Å². The number of carbonyl (C=O) groups excluding carboxylic acids is 2. The lowest BCUT2D eigenvalue weighted by molar-refractivity contribution is -0.371. The van der Waals surface area contributed by atoms with E-state index < -0.39 is 61.2 Å². The number of carbonyl (C=O) groups is 2. The molecule has 44 heavy (non-hydrogen) atoms. The Kier molecular flexibility index (Phi) is 10.9. The molecular formula is C33H37NO10. The van der Waals surface area contributed by atoms with Gasteiger partial charge in [0.1, 0.15) is 31.0 Å². The normalized spacial score (nSPS) is 26.1. The summed E-state index contributed by atoms with van der Waals surface area (Å²) in [6.07, 6.45) is -7.34. The molecule has 2 aliphatic rings. The van der Waals surface area contributed by atoms with E-state index in [2.05, 4.69) is 5.32 Å². The highest BCUT2D eigenvalue weighted by Gasteiger charge is 2.51. The Labute approximate surface area is 255 Å². The molecule has 1 amide bonds. The highest BCUT2D eigenvalue weighted by Crippen LogP contribution is 2.36. The smallest absolute Gasteiger partial charge is 0.408 e. The zero-order chi connectivity index (χ0) is 30.9. The first kappa shape index (κ1) is 31.6. The van der Waals surface area contributed by atoms with Crippen LogP contribution < -0.4 is 5.32 Å². The lowest BCUT2D eigenvalue weighted by Gasteiger charge is -2.48.